The van der Waals surface area contributed by atoms with Crippen LogP contribution in [0.2, 0.25) is 0 Å². The largest absolute Gasteiger partial charge is 0.355 e. The summed E-state index contributed by atoms with van der Waals surface area (Å²) in [7, 11) is 0. The van der Waals surface area contributed by atoms with Crippen molar-refractivity contribution < 1.29 is 4.79 Å². The van der Waals surface area contributed by atoms with E-state index in [1.165, 1.54) is 5.56 Å². The minimum absolute atomic E-state index is 0.0123. The van der Waals surface area contributed by atoms with Gasteiger partial charge < -0.3 is 15.1 Å². The first-order valence-corrected chi connectivity index (χ1v) is 10.8. The van der Waals surface area contributed by atoms with Gasteiger partial charge in [-0.15, -0.1) is 10.2 Å². The predicted molar refractivity (Wildman–Crippen MR) is 118 cm³/mol. The predicted octanol–water partition coefficient (Wildman–Crippen LogP) is 3.13. The number of aromatic nitrogens is 2. The zero-order valence-electron chi connectivity index (χ0n) is 17.9. The Morgan fingerprint density at radius 1 is 1.17 bits per heavy atom. The van der Waals surface area contributed by atoms with Crippen LogP contribution < -0.4 is 10.2 Å². The quantitative estimate of drug-likeness (QED) is 0.744. The first-order chi connectivity index (χ1) is 14.1. The molecule has 6 heteroatoms. The van der Waals surface area contributed by atoms with E-state index in [4.69, 9.17) is 0 Å². The smallest absolute Gasteiger partial charge is 0.224 e. The van der Waals surface area contributed by atoms with Gasteiger partial charge in [0.15, 0.2) is 5.82 Å². The van der Waals surface area contributed by atoms with Crippen LogP contribution in [-0.4, -0.2) is 60.3 Å². The fraction of sp³-hybridized carbons (Fsp3) is 0.522. The Morgan fingerprint density at radius 3 is 2.66 bits per heavy atom. The number of carbonyl (C=O) groups is 1. The molecule has 29 heavy (non-hydrogen) atoms. The number of nitrogens with one attached hydrogen (secondary N) is 1. The Kier molecular flexibility index (Phi) is 7.58. The zero-order chi connectivity index (χ0) is 20.6. The molecule has 1 N–H and O–H groups in total. The second-order valence-corrected chi connectivity index (χ2v) is 7.69. The van der Waals surface area contributed by atoms with Crippen molar-refractivity contribution in [2.24, 2.45) is 5.92 Å². The molecule has 0 bridgehead atoms. The number of likely N-dealkylation sites (N-methyl/N-ethyl adjacent to an activating group) is 1. The van der Waals surface area contributed by atoms with E-state index in [-0.39, 0.29) is 11.8 Å². The molecule has 2 heterocycles. The van der Waals surface area contributed by atoms with Crippen molar-refractivity contribution in [3.63, 3.8) is 0 Å². The third-order valence-electron chi connectivity index (χ3n) is 5.81. The Morgan fingerprint density at radius 2 is 1.97 bits per heavy atom. The molecule has 1 aliphatic rings. The van der Waals surface area contributed by atoms with Crippen LogP contribution in [-0.2, 0) is 4.79 Å². The van der Waals surface area contributed by atoms with Crippen LogP contribution in [0, 0.1) is 12.8 Å². The lowest BCUT2D eigenvalue weighted by Crippen LogP contribution is -2.45. The van der Waals surface area contributed by atoms with Crippen LogP contribution in [0.3, 0.4) is 0 Å². The number of rotatable bonds is 8. The summed E-state index contributed by atoms with van der Waals surface area (Å²) < 4.78 is 0. The number of piperidine rings is 1. The maximum Gasteiger partial charge on any atom is 0.224 e. The molecule has 0 spiro atoms. The number of hydrogen-bond acceptors (Lipinski definition) is 5. The number of benzene rings is 1. The molecule has 1 aromatic carbocycles. The summed E-state index contributed by atoms with van der Waals surface area (Å²) in [5.41, 5.74) is 3.18. The normalized spacial score (nSPS) is 16.8. The summed E-state index contributed by atoms with van der Waals surface area (Å²) in [5.74, 6) is 1.02. The molecule has 1 amide bonds. The van der Waals surface area contributed by atoms with Gasteiger partial charge in [-0.05, 0) is 50.6 Å². The highest BCUT2D eigenvalue weighted by Gasteiger charge is 2.26. The van der Waals surface area contributed by atoms with Gasteiger partial charge in [-0.2, -0.15) is 0 Å². The first-order valence-electron chi connectivity index (χ1n) is 10.8. The molecule has 156 valence electrons. The zero-order valence-corrected chi connectivity index (χ0v) is 17.9. The van der Waals surface area contributed by atoms with Crippen molar-refractivity contribution in [2.75, 3.05) is 44.2 Å². The summed E-state index contributed by atoms with van der Waals surface area (Å²) in [6, 6.07) is 12.2. The number of amides is 1. The third kappa shape index (κ3) is 5.54. The maximum absolute atomic E-state index is 12.6. The van der Waals surface area contributed by atoms with Crippen LogP contribution in [0.4, 0.5) is 5.82 Å². The van der Waals surface area contributed by atoms with Gasteiger partial charge in [0, 0.05) is 31.7 Å². The van der Waals surface area contributed by atoms with Gasteiger partial charge in [-0.25, -0.2) is 0 Å². The Balaban J connectivity index is 1.57. The highest BCUT2D eigenvalue weighted by atomic mass is 16.1. The fourth-order valence-corrected chi connectivity index (χ4v) is 3.92. The summed E-state index contributed by atoms with van der Waals surface area (Å²) in [5, 5.41) is 12.0. The van der Waals surface area contributed by atoms with Gasteiger partial charge >= 0.3 is 0 Å². The third-order valence-corrected chi connectivity index (χ3v) is 5.81. The van der Waals surface area contributed by atoms with Crippen LogP contribution in [0.1, 0.15) is 32.3 Å². The summed E-state index contributed by atoms with van der Waals surface area (Å²) >= 11 is 0. The van der Waals surface area contributed by atoms with E-state index in [0.29, 0.717) is 13.1 Å². The number of hydrogen-bond donors (Lipinski definition) is 1. The molecular formula is C23H33N5O. The molecule has 1 atom stereocenters. The van der Waals surface area contributed by atoms with E-state index in [1.54, 1.807) is 0 Å². The molecule has 0 aliphatic carbocycles. The summed E-state index contributed by atoms with van der Waals surface area (Å²) in [6.45, 7) is 11.6. The van der Waals surface area contributed by atoms with E-state index in [0.717, 1.165) is 56.1 Å². The van der Waals surface area contributed by atoms with Crippen LogP contribution in [0.5, 0.6) is 0 Å². The second kappa shape index (κ2) is 10.3. The van der Waals surface area contributed by atoms with Crippen molar-refractivity contribution in [3.05, 3.63) is 42.0 Å². The van der Waals surface area contributed by atoms with Gasteiger partial charge in [0.25, 0.3) is 0 Å². The average Bonchev–Trinajstić information content (AvgIpc) is 2.77. The highest BCUT2D eigenvalue weighted by Crippen LogP contribution is 2.24. The van der Waals surface area contributed by atoms with Gasteiger partial charge in [0.2, 0.25) is 5.91 Å². The molecule has 0 radical (unpaired) electrons. The van der Waals surface area contributed by atoms with Gasteiger partial charge in [0.05, 0.1) is 11.6 Å². The fourth-order valence-electron chi connectivity index (χ4n) is 3.92. The monoisotopic (exact) mass is 395 g/mol. The Bertz CT molecular complexity index is 788. The molecular weight excluding hydrogens is 362 g/mol. The van der Waals surface area contributed by atoms with E-state index in [2.05, 4.69) is 58.2 Å². The lowest BCUT2D eigenvalue weighted by Gasteiger charge is -2.32. The number of aryl methyl sites for hydroxylation is 1. The average molecular weight is 396 g/mol. The molecule has 1 aromatic heterocycles. The Hall–Kier alpha value is -2.47. The summed E-state index contributed by atoms with van der Waals surface area (Å²) in [6.07, 6.45) is 1.93. The van der Waals surface area contributed by atoms with Crippen molar-refractivity contribution in [3.8, 4) is 11.3 Å². The topological polar surface area (TPSA) is 61.4 Å². The molecule has 1 fully saturated rings. The molecule has 2 aromatic rings. The van der Waals surface area contributed by atoms with Crippen molar-refractivity contribution in [1.82, 2.24) is 20.4 Å². The number of nitrogens with zero attached hydrogens (tertiary/aromatic N) is 4. The molecule has 1 aliphatic heterocycles. The minimum Gasteiger partial charge on any atom is -0.355 e. The van der Waals surface area contributed by atoms with Crippen molar-refractivity contribution >= 4 is 11.7 Å². The first kappa shape index (κ1) is 21.2. The van der Waals surface area contributed by atoms with E-state index >= 15 is 0 Å². The van der Waals surface area contributed by atoms with Crippen molar-refractivity contribution in [1.29, 1.82) is 0 Å². The highest BCUT2D eigenvalue weighted by molar-refractivity contribution is 5.79. The van der Waals surface area contributed by atoms with Crippen LogP contribution >= 0.6 is 0 Å². The molecule has 1 saturated heterocycles. The van der Waals surface area contributed by atoms with Gasteiger partial charge in [-0.1, -0.05) is 38.1 Å². The van der Waals surface area contributed by atoms with E-state index in [1.807, 2.05) is 24.3 Å². The second-order valence-electron chi connectivity index (χ2n) is 7.69. The van der Waals surface area contributed by atoms with Crippen LogP contribution in [0.15, 0.2) is 36.4 Å². The molecule has 0 saturated carbocycles. The number of carbonyl (C=O) groups excluding carboxylic acids is 1. The molecule has 1 unspecified atom stereocenters. The Labute approximate surface area is 174 Å². The van der Waals surface area contributed by atoms with E-state index in [9.17, 15) is 4.79 Å². The van der Waals surface area contributed by atoms with Crippen molar-refractivity contribution in [2.45, 2.75) is 33.6 Å². The van der Waals surface area contributed by atoms with Gasteiger partial charge in [-0.3, -0.25) is 4.79 Å². The lowest BCUT2D eigenvalue weighted by atomic mass is 9.97. The SMILES string of the molecule is CCN(CC)CCNC(=O)C1CCCN(c2ccc(-c3ccccc3C)nn2)C1. The minimum atomic E-state index is 0.0123. The lowest BCUT2D eigenvalue weighted by molar-refractivity contribution is -0.125. The van der Waals surface area contributed by atoms with Crippen LogP contribution in [0.25, 0.3) is 11.3 Å². The van der Waals surface area contributed by atoms with E-state index < -0.39 is 0 Å². The maximum atomic E-state index is 12.6. The standard InChI is InChI=1S/C23H33N5O/c1-4-27(5-2)16-14-24-23(29)19-10-8-15-28(17-19)22-13-12-21(25-26-22)20-11-7-6-9-18(20)3/h6-7,9,11-13,19H,4-5,8,10,14-17H2,1-3H3,(H,24,29). The number of anilines is 1. The summed E-state index contributed by atoms with van der Waals surface area (Å²) in [4.78, 5) is 17.1. The van der Waals surface area contributed by atoms with Gasteiger partial charge in [0.1, 0.15) is 0 Å². The molecule has 6 nitrogen and oxygen atoms in total. The molecule has 3 rings (SSSR count).